The zero-order valence-corrected chi connectivity index (χ0v) is 17.9. The predicted octanol–water partition coefficient (Wildman–Crippen LogP) is 6.18. The standard InChI is InChI=1S/C25H20ClN3O2/c1-16-8-9-21-22(10-16)29-25(28-21)19(14-27)11-18-12-20(26)24(23(13-18)30-2)31-15-17-6-4-3-5-7-17/h3-13H,15H2,1-2H3,(H,28,29). The largest absolute Gasteiger partial charge is 0.493 e. The highest BCUT2D eigenvalue weighted by molar-refractivity contribution is 6.32. The van der Waals surface area contributed by atoms with Crippen molar-refractivity contribution in [1.82, 2.24) is 9.97 Å². The van der Waals surface area contributed by atoms with Crippen LogP contribution in [0.3, 0.4) is 0 Å². The van der Waals surface area contributed by atoms with Crippen LogP contribution in [0.25, 0.3) is 22.7 Å². The van der Waals surface area contributed by atoms with E-state index in [1.54, 1.807) is 25.3 Å². The number of methoxy groups -OCH3 is 1. The Labute approximate surface area is 185 Å². The van der Waals surface area contributed by atoms with Crippen molar-refractivity contribution in [2.75, 3.05) is 7.11 Å². The van der Waals surface area contributed by atoms with Crippen LogP contribution < -0.4 is 9.47 Å². The minimum atomic E-state index is 0.369. The van der Waals surface area contributed by atoms with Crippen LogP contribution in [0, 0.1) is 18.3 Å². The van der Waals surface area contributed by atoms with Crippen molar-refractivity contribution < 1.29 is 9.47 Å². The van der Waals surface area contributed by atoms with Crippen LogP contribution in [-0.4, -0.2) is 17.1 Å². The van der Waals surface area contributed by atoms with Gasteiger partial charge in [0, 0.05) is 0 Å². The zero-order chi connectivity index (χ0) is 21.8. The van der Waals surface area contributed by atoms with Crippen LogP contribution in [0.5, 0.6) is 11.5 Å². The molecule has 0 saturated carbocycles. The van der Waals surface area contributed by atoms with Gasteiger partial charge in [0.05, 0.1) is 28.7 Å². The molecule has 1 N–H and O–H groups in total. The zero-order valence-electron chi connectivity index (χ0n) is 17.1. The Morgan fingerprint density at radius 1 is 1.16 bits per heavy atom. The number of aryl methyl sites for hydroxylation is 1. The van der Waals surface area contributed by atoms with Crippen molar-refractivity contribution in [2.24, 2.45) is 0 Å². The lowest BCUT2D eigenvalue weighted by Gasteiger charge is -2.13. The monoisotopic (exact) mass is 429 g/mol. The Morgan fingerprint density at radius 2 is 1.97 bits per heavy atom. The Kier molecular flexibility index (Phi) is 5.92. The lowest BCUT2D eigenvalue weighted by molar-refractivity contribution is 0.284. The Balaban J connectivity index is 1.65. The topological polar surface area (TPSA) is 70.9 Å². The summed E-state index contributed by atoms with van der Waals surface area (Å²) in [4.78, 5) is 7.74. The molecule has 0 aliphatic carbocycles. The van der Waals surface area contributed by atoms with Gasteiger partial charge in [-0.1, -0.05) is 48.0 Å². The highest BCUT2D eigenvalue weighted by Gasteiger charge is 2.14. The highest BCUT2D eigenvalue weighted by Crippen LogP contribution is 2.38. The predicted molar refractivity (Wildman–Crippen MR) is 123 cm³/mol. The maximum atomic E-state index is 9.71. The van der Waals surface area contributed by atoms with Gasteiger partial charge in [0.25, 0.3) is 0 Å². The van der Waals surface area contributed by atoms with Crippen molar-refractivity contribution in [3.05, 3.63) is 88.2 Å². The second kappa shape index (κ2) is 8.95. The molecule has 0 amide bonds. The Bertz CT molecular complexity index is 1300. The number of fused-ring (bicyclic) bond motifs is 1. The van der Waals surface area contributed by atoms with E-state index in [1.165, 1.54) is 0 Å². The molecule has 0 fully saturated rings. The number of hydrogen-bond donors (Lipinski definition) is 1. The lowest BCUT2D eigenvalue weighted by Crippen LogP contribution is -1.99. The van der Waals surface area contributed by atoms with E-state index in [-0.39, 0.29) is 0 Å². The number of ether oxygens (including phenoxy) is 2. The van der Waals surface area contributed by atoms with E-state index >= 15 is 0 Å². The maximum Gasteiger partial charge on any atom is 0.180 e. The van der Waals surface area contributed by atoms with Crippen molar-refractivity contribution in [1.29, 1.82) is 5.26 Å². The van der Waals surface area contributed by atoms with E-state index in [0.29, 0.717) is 40.1 Å². The van der Waals surface area contributed by atoms with Crippen molar-refractivity contribution >= 4 is 34.3 Å². The molecule has 1 aromatic heterocycles. The number of nitrogens with one attached hydrogen (secondary N) is 1. The first kappa shape index (κ1) is 20.5. The van der Waals surface area contributed by atoms with Gasteiger partial charge >= 0.3 is 0 Å². The summed E-state index contributed by atoms with van der Waals surface area (Å²) in [6.45, 7) is 2.38. The number of allylic oxidation sites excluding steroid dienone is 1. The molecule has 0 unspecified atom stereocenters. The summed E-state index contributed by atoms with van der Waals surface area (Å²) >= 11 is 6.49. The first-order valence-corrected chi connectivity index (χ1v) is 10.1. The molecular formula is C25H20ClN3O2. The van der Waals surface area contributed by atoms with Crippen LogP contribution in [0.15, 0.2) is 60.7 Å². The fourth-order valence-electron chi connectivity index (χ4n) is 3.26. The summed E-state index contributed by atoms with van der Waals surface area (Å²) < 4.78 is 11.4. The smallest absolute Gasteiger partial charge is 0.180 e. The molecule has 0 bridgehead atoms. The summed E-state index contributed by atoms with van der Waals surface area (Å²) in [6, 6.07) is 21.5. The summed E-state index contributed by atoms with van der Waals surface area (Å²) in [5, 5.41) is 10.1. The molecule has 31 heavy (non-hydrogen) atoms. The second-order valence-electron chi connectivity index (χ2n) is 7.08. The third-order valence-corrected chi connectivity index (χ3v) is 5.08. The SMILES string of the molecule is COc1cc(C=C(C#N)c2nc3ccc(C)cc3[nH]2)cc(Cl)c1OCc1ccccc1. The third-order valence-electron chi connectivity index (χ3n) is 4.80. The van der Waals surface area contributed by atoms with E-state index in [4.69, 9.17) is 21.1 Å². The van der Waals surface area contributed by atoms with Crippen LogP contribution in [-0.2, 0) is 6.61 Å². The van der Waals surface area contributed by atoms with Gasteiger partial charge in [-0.05, 0) is 54.0 Å². The van der Waals surface area contributed by atoms with Gasteiger partial charge in [-0.25, -0.2) is 4.98 Å². The second-order valence-corrected chi connectivity index (χ2v) is 7.49. The number of imidazole rings is 1. The van der Waals surface area contributed by atoms with Gasteiger partial charge in [-0.3, -0.25) is 0 Å². The third kappa shape index (κ3) is 4.55. The number of hydrogen-bond acceptors (Lipinski definition) is 4. The van der Waals surface area contributed by atoms with E-state index in [0.717, 1.165) is 22.2 Å². The molecule has 0 saturated heterocycles. The molecular weight excluding hydrogens is 410 g/mol. The average molecular weight is 430 g/mol. The fourth-order valence-corrected chi connectivity index (χ4v) is 3.54. The van der Waals surface area contributed by atoms with Crippen molar-refractivity contribution in [3.8, 4) is 17.6 Å². The molecule has 1 heterocycles. The summed E-state index contributed by atoms with van der Waals surface area (Å²) in [7, 11) is 1.56. The minimum Gasteiger partial charge on any atom is -0.493 e. The number of benzene rings is 3. The summed E-state index contributed by atoms with van der Waals surface area (Å²) in [5.74, 6) is 1.46. The number of nitriles is 1. The molecule has 5 nitrogen and oxygen atoms in total. The molecule has 0 spiro atoms. The number of aromatic nitrogens is 2. The number of rotatable bonds is 6. The molecule has 0 radical (unpaired) electrons. The molecule has 154 valence electrons. The summed E-state index contributed by atoms with van der Waals surface area (Å²) in [6.07, 6.45) is 1.72. The Morgan fingerprint density at radius 3 is 2.71 bits per heavy atom. The quantitative estimate of drug-likeness (QED) is 0.371. The van der Waals surface area contributed by atoms with Gasteiger partial charge < -0.3 is 14.5 Å². The van der Waals surface area contributed by atoms with E-state index in [2.05, 4.69) is 16.0 Å². The Hall–Kier alpha value is -3.75. The van der Waals surface area contributed by atoms with Crippen molar-refractivity contribution in [2.45, 2.75) is 13.5 Å². The summed E-state index contributed by atoms with van der Waals surface area (Å²) in [5.41, 5.74) is 4.94. The van der Waals surface area contributed by atoms with Gasteiger partial charge in [0.1, 0.15) is 18.5 Å². The van der Waals surface area contributed by atoms with Gasteiger partial charge in [0.2, 0.25) is 0 Å². The number of aromatic amines is 1. The molecule has 0 atom stereocenters. The van der Waals surface area contributed by atoms with Gasteiger partial charge in [-0.2, -0.15) is 5.26 Å². The number of nitrogens with zero attached hydrogens (tertiary/aromatic N) is 2. The lowest BCUT2D eigenvalue weighted by atomic mass is 10.1. The number of H-pyrrole nitrogens is 1. The highest BCUT2D eigenvalue weighted by atomic mass is 35.5. The van der Waals surface area contributed by atoms with Gasteiger partial charge in [0.15, 0.2) is 11.5 Å². The van der Waals surface area contributed by atoms with Crippen LogP contribution in [0.1, 0.15) is 22.5 Å². The molecule has 0 aliphatic rings. The first-order valence-electron chi connectivity index (χ1n) is 9.70. The average Bonchev–Trinajstić information content (AvgIpc) is 3.20. The normalized spacial score (nSPS) is 11.4. The van der Waals surface area contributed by atoms with E-state index in [9.17, 15) is 5.26 Å². The van der Waals surface area contributed by atoms with Crippen LogP contribution >= 0.6 is 11.6 Å². The molecule has 0 aliphatic heterocycles. The fraction of sp³-hybridized carbons (Fsp3) is 0.120. The van der Waals surface area contributed by atoms with E-state index < -0.39 is 0 Å². The molecule has 6 heteroatoms. The number of halogens is 1. The maximum absolute atomic E-state index is 9.71. The van der Waals surface area contributed by atoms with Crippen LogP contribution in [0.4, 0.5) is 0 Å². The minimum absolute atomic E-state index is 0.369. The van der Waals surface area contributed by atoms with E-state index in [1.807, 2.05) is 55.5 Å². The molecule has 4 rings (SSSR count). The molecule has 4 aromatic rings. The van der Waals surface area contributed by atoms with Crippen molar-refractivity contribution in [3.63, 3.8) is 0 Å². The first-order chi connectivity index (χ1) is 15.1. The van der Waals surface area contributed by atoms with Crippen LogP contribution in [0.2, 0.25) is 5.02 Å². The van der Waals surface area contributed by atoms with Gasteiger partial charge in [-0.15, -0.1) is 0 Å². The molecule has 3 aromatic carbocycles.